The molecule has 2 rings (SSSR count). The molecule has 24 heavy (non-hydrogen) atoms. The van der Waals surface area contributed by atoms with Crippen LogP contribution < -0.4 is 9.47 Å². The minimum absolute atomic E-state index is 0.130. The molecule has 0 amide bonds. The maximum Gasteiger partial charge on any atom is 0.335 e. The van der Waals surface area contributed by atoms with Gasteiger partial charge in [0, 0.05) is 17.7 Å². The molecule has 0 aliphatic heterocycles. The van der Waals surface area contributed by atoms with Crippen LogP contribution in [0.4, 0.5) is 0 Å². The smallest absolute Gasteiger partial charge is 0.335 e. The van der Waals surface area contributed by atoms with Gasteiger partial charge < -0.3 is 9.47 Å². The summed E-state index contributed by atoms with van der Waals surface area (Å²) in [5.41, 5.74) is 1.57. The fourth-order valence-electron chi connectivity index (χ4n) is 1.90. The first-order chi connectivity index (χ1) is 11.6. The molecule has 0 atom stereocenters. The Morgan fingerprint density at radius 2 is 1.46 bits per heavy atom. The van der Waals surface area contributed by atoms with Crippen LogP contribution in [0.1, 0.15) is 11.1 Å². The van der Waals surface area contributed by atoms with Crippen molar-refractivity contribution in [3.63, 3.8) is 0 Å². The van der Waals surface area contributed by atoms with E-state index in [-0.39, 0.29) is 11.5 Å². The Bertz CT molecular complexity index is 789. The van der Waals surface area contributed by atoms with Crippen LogP contribution in [0.25, 0.3) is 12.2 Å². The third kappa shape index (κ3) is 4.55. The van der Waals surface area contributed by atoms with Crippen molar-refractivity contribution in [3.8, 4) is 11.5 Å². The highest BCUT2D eigenvalue weighted by atomic mass is 16.6. The summed E-state index contributed by atoms with van der Waals surface area (Å²) in [6.07, 6.45) is 5.70. The van der Waals surface area contributed by atoms with Gasteiger partial charge in [-0.05, 0) is 11.6 Å². The van der Waals surface area contributed by atoms with Gasteiger partial charge in [0.15, 0.2) is 11.5 Å². The van der Waals surface area contributed by atoms with Gasteiger partial charge in [-0.15, -0.1) is 0 Å². The van der Waals surface area contributed by atoms with E-state index >= 15 is 0 Å². The molecular weight excluding hydrogens is 304 g/mol. The van der Waals surface area contributed by atoms with Crippen molar-refractivity contribution in [3.05, 3.63) is 85.0 Å². The van der Waals surface area contributed by atoms with E-state index in [1.54, 1.807) is 18.2 Å². The molecule has 2 aromatic carbocycles. The fourth-order valence-corrected chi connectivity index (χ4v) is 1.90. The van der Waals surface area contributed by atoms with Crippen LogP contribution in [0.2, 0.25) is 0 Å². The van der Waals surface area contributed by atoms with E-state index in [2.05, 4.69) is 13.2 Å². The third-order valence-corrected chi connectivity index (χ3v) is 3.01. The minimum atomic E-state index is -0.647. The Balaban J connectivity index is 2.41. The Morgan fingerprint density at radius 3 is 2.12 bits per heavy atom. The van der Waals surface area contributed by atoms with Gasteiger partial charge in [-0.3, -0.25) is 0 Å². The van der Waals surface area contributed by atoms with E-state index in [1.807, 2.05) is 36.4 Å². The van der Waals surface area contributed by atoms with Gasteiger partial charge >= 0.3 is 11.9 Å². The summed E-state index contributed by atoms with van der Waals surface area (Å²) in [5, 5.41) is 0. The Hall–Kier alpha value is -3.40. The molecule has 4 heteroatoms. The van der Waals surface area contributed by atoms with Crippen LogP contribution in [0.5, 0.6) is 11.5 Å². The first-order valence-corrected chi connectivity index (χ1v) is 7.18. The van der Waals surface area contributed by atoms with Crippen molar-refractivity contribution in [2.75, 3.05) is 0 Å². The largest absolute Gasteiger partial charge is 0.419 e. The summed E-state index contributed by atoms with van der Waals surface area (Å²) in [5.74, 6) is -1.02. The summed E-state index contributed by atoms with van der Waals surface area (Å²) in [4.78, 5) is 23.1. The zero-order chi connectivity index (χ0) is 17.4. The Kier molecular flexibility index (Phi) is 5.86. The number of benzene rings is 2. The number of rotatable bonds is 6. The summed E-state index contributed by atoms with van der Waals surface area (Å²) >= 11 is 0. The van der Waals surface area contributed by atoms with Crippen molar-refractivity contribution in [2.45, 2.75) is 0 Å². The first-order valence-electron chi connectivity index (χ1n) is 7.18. The van der Waals surface area contributed by atoms with E-state index in [4.69, 9.17) is 9.47 Å². The lowest BCUT2D eigenvalue weighted by molar-refractivity contribution is -0.131. The second-order valence-electron chi connectivity index (χ2n) is 4.67. The molecule has 0 spiro atoms. The van der Waals surface area contributed by atoms with Gasteiger partial charge in [0.05, 0.1) is 0 Å². The van der Waals surface area contributed by atoms with E-state index in [0.29, 0.717) is 5.56 Å². The summed E-state index contributed by atoms with van der Waals surface area (Å²) in [6, 6.07) is 14.6. The molecule has 0 heterocycles. The molecule has 0 radical (unpaired) electrons. The van der Waals surface area contributed by atoms with Crippen molar-refractivity contribution in [1.29, 1.82) is 0 Å². The maximum atomic E-state index is 11.6. The van der Waals surface area contributed by atoms with Crippen LogP contribution in [0, 0.1) is 0 Å². The van der Waals surface area contributed by atoms with Crippen molar-refractivity contribution >= 4 is 24.1 Å². The van der Waals surface area contributed by atoms with Crippen molar-refractivity contribution in [2.24, 2.45) is 0 Å². The topological polar surface area (TPSA) is 52.6 Å². The maximum absolute atomic E-state index is 11.6. The second kappa shape index (κ2) is 8.29. The average molecular weight is 320 g/mol. The second-order valence-corrected chi connectivity index (χ2v) is 4.67. The molecule has 0 N–H and O–H groups in total. The molecule has 0 aliphatic carbocycles. The molecule has 4 nitrogen and oxygen atoms in total. The van der Waals surface area contributed by atoms with Crippen LogP contribution in [-0.4, -0.2) is 11.9 Å². The molecule has 0 bridgehead atoms. The summed E-state index contributed by atoms with van der Waals surface area (Å²) < 4.78 is 10.4. The number of ether oxygens (including phenoxy) is 2. The van der Waals surface area contributed by atoms with Crippen molar-refractivity contribution in [1.82, 2.24) is 0 Å². The van der Waals surface area contributed by atoms with Crippen LogP contribution in [-0.2, 0) is 9.59 Å². The van der Waals surface area contributed by atoms with Crippen molar-refractivity contribution < 1.29 is 19.1 Å². The van der Waals surface area contributed by atoms with Gasteiger partial charge in [-0.1, -0.05) is 67.8 Å². The van der Waals surface area contributed by atoms with E-state index in [0.717, 1.165) is 17.7 Å². The number of hydrogen-bond acceptors (Lipinski definition) is 4. The number of carbonyl (C=O) groups is 2. The van der Waals surface area contributed by atoms with E-state index in [1.165, 1.54) is 6.07 Å². The van der Waals surface area contributed by atoms with Gasteiger partial charge in [0.1, 0.15) is 0 Å². The lowest BCUT2D eigenvalue weighted by Gasteiger charge is -2.11. The fraction of sp³-hybridized carbons (Fsp3) is 0. The quantitative estimate of drug-likeness (QED) is 0.349. The molecule has 0 unspecified atom stereocenters. The average Bonchev–Trinajstić information content (AvgIpc) is 2.62. The third-order valence-electron chi connectivity index (χ3n) is 3.01. The van der Waals surface area contributed by atoms with E-state index < -0.39 is 11.9 Å². The molecule has 0 saturated carbocycles. The predicted molar refractivity (Wildman–Crippen MR) is 93.5 cm³/mol. The molecule has 120 valence electrons. The van der Waals surface area contributed by atoms with Gasteiger partial charge in [0.2, 0.25) is 0 Å². The SMILES string of the molecule is C=CC(=O)Oc1cccc(C=Cc2ccccc2)c1OC(=O)C=C. The lowest BCUT2D eigenvalue weighted by Crippen LogP contribution is -2.09. The molecule has 2 aromatic rings. The lowest BCUT2D eigenvalue weighted by atomic mass is 10.1. The van der Waals surface area contributed by atoms with Crippen LogP contribution in [0.3, 0.4) is 0 Å². The Morgan fingerprint density at radius 1 is 0.792 bits per heavy atom. The monoisotopic (exact) mass is 320 g/mol. The standard InChI is InChI=1S/C20H16O4/c1-3-18(21)23-17-12-8-11-16(20(17)24-19(22)4-2)14-13-15-9-6-5-7-10-15/h3-14H,1-2H2. The molecule has 0 aromatic heterocycles. The van der Waals surface area contributed by atoms with Gasteiger partial charge in [0.25, 0.3) is 0 Å². The zero-order valence-electron chi connectivity index (χ0n) is 13.0. The highest BCUT2D eigenvalue weighted by Crippen LogP contribution is 2.33. The number of hydrogen-bond donors (Lipinski definition) is 0. The van der Waals surface area contributed by atoms with Gasteiger partial charge in [-0.2, -0.15) is 0 Å². The minimum Gasteiger partial charge on any atom is -0.419 e. The van der Waals surface area contributed by atoms with E-state index in [9.17, 15) is 9.59 Å². The predicted octanol–water partition coefficient (Wildman–Crippen LogP) is 4.04. The molecule has 0 saturated heterocycles. The highest BCUT2D eigenvalue weighted by molar-refractivity contribution is 5.88. The normalized spacial score (nSPS) is 10.2. The first kappa shape index (κ1) is 17.0. The van der Waals surface area contributed by atoms with Gasteiger partial charge in [-0.25, -0.2) is 9.59 Å². The number of esters is 2. The molecule has 0 fully saturated rings. The summed E-state index contributed by atoms with van der Waals surface area (Å²) in [6.45, 7) is 6.72. The number of para-hydroxylation sites is 1. The zero-order valence-corrected chi connectivity index (χ0v) is 13.0. The van der Waals surface area contributed by atoms with Crippen LogP contribution in [0.15, 0.2) is 73.8 Å². The Labute approximate surface area is 140 Å². The molecule has 0 aliphatic rings. The highest BCUT2D eigenvalue weighted by Gasteiger charge is 2.14. The summed E-state index contributed by atoms with van der Waals surface area (Å²) in [7, 11) is 0. The van der Waals surface area contributed by atoms with Crippen LogP contribution >= 0.6 is 0 Å². The number of carbonyl (C=O) groups excluding carboxylic acids is 2. The molecular formula is C20H16O4.